The number of nitrogens with zero attached hydrogens (tertiary/aromatic N) is 1. The molecule has 0 aliphatic heterocycles. The van der Waals surface area contributed by atoms with E-state index in [1.165, 1.54) is 17.6 Å². The number of hydrogen-bond donors (Lipinski definition) is 1. The summed E-state index contributed by atoms with van der Waals surface area (Å²) in [5, 5.41) is 2.87. The summed E-state index contributed by atoms with van der Waals surface area (Å²) in [5.41, 5.74) is 0.636. The molecule has 2 aromatic carbocycles. The number of halogens is 4. The van der Waals surface area contributed by atoms with Gasteiger partial charge in [-0.25, -0.2) is 0 Å². The van der Waals surface area contributed by atoms with E-state index in [2.05, 4.69) is 21.2 Å². The molecule has 0 radical (unpaired) electrons. The molecule has 8 heteroatoms. The first-order valence-corrected chi connectivity index (χ1v) is 8.72. The van der Waals surface area contributed by atoms with Crippen molar-refractivity contribution in [2.24, 2.45) is 0 Å². The SMILES string of the molecule is Cc1c(C(=O)C(F)(F)F)c2ccccc2n1CC(=O)Nc1ccc(Br)cc1. The lowest BCUT2D eigenvalue weighted by molar-refractivity contribution is -0.116. The summed E-state index contributed by atoms with van der Waals surface area (Å²) in [6, 6.07) is 13.1. The zero-order valence-electron chi connectivity index (χ0n) is 14.1. The van der Waals surface area contributed by atoms with E-state index in [4.69, 9.17) is 0 Å². The second-order valence-corrected chi connectivity index (χ2v) is 6.86. The van der Waals surface area contributed by atoms with E-state index in [1.807, 2.05) is 0 Å². The number of rotatable bonds is 4. The second kappa shape index (κ2) is 7.19. The van der Waals surface area contributed by atoms with Crippen molar-refractivity contribution in [3.8, 4) is 0 Å². The van der Waals surface area contributed by atoms with E-state index < -0.39 is 23.4 Å². The van der Waals surface area contributed by atoms with Gasteiger partial charge in [0.1, 0.15) is 6.54 Å². The fourth-order valence-corrected chi connectivity index (χ4v) is 3.20. The maximum Gasteiger partial charge on any atom is 0.454 e. The van der Waals surface area contributed by atoms with Gasteiger partial charge in [-0.1, -0.05) is 34.1 Å². The standard InChI is InChI=1S/C19H14BrF3N2O2/c1-11-17(18(27)19(21,22)23)14-4-2-3-5-15(14)25(11)10-16(26)24-13-8-6-12(20)7-9-13/h2-9H,10H2,1H3,(H,24,26). The van der Waals surface area contributed by atoms with E-state index in [0.717, 1.165) is 4.47 Å². The van der Waals surface area contributed by atoms with Crippen molar-refractivity contribution in [1.82, 2.24) is 4.57 Å². The number of nitrogens with one attached hydrogen (secondary N) is 1. The minimum atomic E-state index is -4.99. The van der Waals surface area contributed by atoms with Gasteiger partial charge >= 0.3 is 6.18 Å². The van der Waals surface area contributed by atoms with Gasteiger partial charge in [0.2, 0.25) is 5.91 Å². The first-order chi connectivity index (χ1) is 12.7. The van der Waals surface area contributed by atoms with Crippen LogP contribution < -0.4 is 5.32 Å². The van der Waals surface area contributed by atoms with Gasteiger partial charge in [-0.05, 0) is 37.3 Å². The molecule has 0 aliphatic rings. The fraction of sp³-hybridized carbons (Fsp3) is 0.158. The second-order valence-electron chi connectivity index (χ2n) is 5.95. The lowest BCUT2D eigenvalue weighted by Gasteiger charge is -2.10. The number of carbonyl (C=O) groups is 2. The average Bonchev–Trinajstić information content (AvgIpc) is 2.87. The predicted octanol–water partition coefficient (Wildman–Crippen LogP) is 5.10. The van der Waals surface area contributed by atoms with Gasteiger partial charge in [-0.2, -0.15) is 13.2 Å². The number of fused-ring (bicyclic) bond motifs is 1. The molecule has 1 N–H and O–H groups in total. The highest BCUT2D eigenvalue weighted by atomic mass is 79.9. The minimum Gasteiger partial charge on any atom is -0.335 e. The highest BCUT2D eigenvalue weighted by Crippen LogP contribution is 2.31. The number of aromatic nitrogens is 1. The van der Waals surface area contributed by atoms with Gasteiger partial charge in [0.15, 0.2) is 0 Å². The summed E-state index contributed by atoms with van der Waals surface area (Å²) in [5.74, 6) is -2.32. The van der Waals surface area contributed by atoms with Crippen molar-refractivity contribution >= 4 is 44.2 Å². The van der Waals surface area contributed by atoms with Crippen LogP contribution in [0.4, 0.5) is 18.9 Å². The van der Waals surface area contributed by atoms with Crippen LogP contribution in [0.25, 0.3) is 10.9 Å². The average molecular weight is 439 g/mol. The Kier molecular flexibility index (Phi) is 5.10. The van der Waals surface area contributed by atoms with Crippen molar-refractivity contribution in [3.05, 3.63) is 64.3 Å². The van der Waals surface area contributed by atoms with Gasteiger partial charge < -0.3 is 9.88 Å². The Morgan fingerprint density at radius 2 is 1.70 bits per heavy atom. The molecule has 0 unspecified atom stereocenters. The molecule has 0 aliphatic carbocycles. The van der Waals surface area contributed by atoms with Gasteiger partial charge in [0.05, 0.1) is 5.56 Å². The smallest absolute Gasteiger partial charge is 0.335 e. The van der Waals surface area contributed by atoms with Crippen molar-refractivity contribution in [3.63, 3.8) is 0 Å². The van der Waals surface area contributed by atoms with Crippen LogP contribution in [-0.4, -0.2) is 22.4 Å². The number of ketones is 1. The van der Waals surface area contributed by atoms with Crippen LogP contribution in [-0.2, 0) is 11.3 Å². The number of Topliss-reactive ketones (excluding diaryl/α,β-unsaturated/α-hetero) is 1. The van der Waals surface area contributed by atoms with Crippen LogP contribution >= 0.6 is 15.9 Å². The van der Waals surface area contributed by atoms with Gasteiger partial charge in [0.25, 0.3) is 5.78 Å². The third kappa shape index (κ3) is 3.90. The quantitative estimate of drug-likeness (QED) is 0.576. The number of anilines is 1. The lowest BCUT2D eigenvalue weighted by atomic mass is 10.1. The normalized spacial score (nSPS) is 11.6. The first-order valence-electron chi connectivity index (χ1n) is 7.93. The van der Waals surface area contributed by atoms with Gasteiger partial charge in [-0.3, -0.25) is 9.59 Å². The Bertz CT molecular complexity index is 1020. The summed E-state index contributed by atoms with van der Waals surface area (Å²) in [4.78, 5) is 24.3. The highest BCUT2D eigenvalue weighted by molar-refractivity contribution is 9.10. The number of para-hydroxylation sites is 1. The van der Waals surface area contributed by atoms with Crippen LogP contribution in [0.1, 0.15) is 16.1 Å². The molecule has 0 spiro atoms. The Morgan fingerprint density at radius 3 is 2.33 bits per heavy atom. The van der Waals surface area contributed by atoms with Crippen molar-refractivity contribution in [2.45, 2.75) is 19.6 Å². The molecule has 27 heavy (non-hydrogen) atoms. The first kappa shape index (κ1) is 19.2. The maximum absolute atomic E-state index is 13.0. The van der Waals surface area contributed by atoms with Gasteiger partial charge in [-0.15, -0.1) is 0 Å². The molecule has 0 bridgehead atoms. The minimum absolute atomic E-state index is 0.101. The highest BCUT2D eigenvalue weighted by Gasteiger charge is 2.42. The number of amides is 1. The molecule has 0 saturated carbocycles. The molecule has 1 amide bonds. The predicted molar refractivity (Wildman–Crippen MR) is 99.8 cm³/mol. The molecular formula is C19H14BrF3N2O2. The molecule has 1 aromatic heterocycles. The van der Waals surface area contributed by atoms with Crippen molar-refractivity contribution < 1.29 is 22.8 Å². The Hall–Kier alpha value is -2.61. The number of alkyl halides is 3. The Labute approximate surface area is 161 Å². The van der Waals surface area contributed by atoms with E-state index in [1.54, 1.807) is 42.5 Å². The molecule has 0 saturated heterocycles. The van der Waals surface area contributed by atoms with Crippen LogP contribution in [0.5, 0.6) is 0 Å². The lowest BCUT2D eigenvalue weighted by Crippen LogP contribution is -2.24. The molecule has 140 valence electrons. The van der Waals surface area contributed by atoms with E-state index >= 15 is 0 Å². The third-order valence-corrected chi connectivity index (χ3v) is 4.67. The summed E-state index contributed by atoms with van der Waals surface area (Å²) in [6.07, 6.45) is -4.99. The Morgan fingerprint density at radius 1 is 1.07 bits per heavy atom. The van der Waals surface area contributed by atoms with E-state index in [0.29, 0.717) is 11.2 Å². The summed E-state index contributed by atoms with van der Waals surface area (Å²) in [7, 11) is 0. The van der Waals surface area contributed by atoms with Crippen LogP contribution in [0, 0.1) is 6.92 Å². The number of hydrogen-bond acceptors (Lipinski definition) is 2. The molecule has 0 fully saturated rings. The van der Waals surface area contributed by atoms with E-state index in [-0.39, 0.29) is 17.6 Å². The number of benzene rings is 2. The van der Waals surface area contributed by atoms with Crippen molar-refractivity contribution in [1.29, 1.82) is 0 Å². The van der Waals surface area contributed by atoms with Crippen LogP contribution in [0.15, 0.2) is 53.0 Å². The Balaban J connectivity index is 1.97. The molecule has 1 heterocycles. The zero-order chi connectivity index (χ0) is 19.8. The summed E-state index contributed by atoms with van der Waals surface area (Å²) < 4.78 is 41.2. The largest absolute Gasteiger partial charge is 0.454 e. The third-order valence-electron chi connectivity index (χ3n) is 4.15. The molecule has 3 aromatic rings. The monoisotopic (exact) mass is 438 g/mol. The fourth-order valence-electron chi connectivity index (χ4n) is 2.94. The van der Waals surface area contributed by atoms with E-state index in [9.17, 15) is 22.8 Å². The van der Waals surface area contributed by atoms with Gasteiger partial charge in [0, 0.05) is 26.8 Å². The summed E-state index contributed by atoms with van der Waals surface area (Å²) in [6.45, 7) is 1.19. The maximum atomic E-state index is 13.0. The van der Waals surface area contributed by atoms with Crippen LogP contribution in [0.2, 0.25) is 0 Å². The zero-order valence-corrected chi connectivity index (χ0v) is 15.7. The topological polar surface area (TPSA) is 51.1 Å². The molecular weight excluding hydrogens is 425 g/mol. The molecule has 0 atom stereocenters. The molecule has 3 rings (SSSR count). The summed E-state index contributed by atoms with van der Waals surface area (Å²) >= 11 is 3.29. The van der Waals surface area contributed by atoms with Crippen molar-refractivity contribution in [2.75, 3.05) is 5.32 Å². The number of carbonyl (C=O) groups excluding carboxylic acids is 2. The molecule has 4 nitrogen and oxygen atoms in total. The van der Waals surface area contributed by atoms with Crippen LogP contribution in [0.3, 0.4) is 0 Å².